The minimum atomic E-state index is 0.216. The molecule has 3 rings (SSSR count). The molecular weight excluding hydrogens is 262 g/mol. The number of nitrogens with two attached hydrogens (primary N) is 1. The Balaban J connectivity index is 1.78. The van der Waals surface area contributed by atoms with Crippen LogP contribution in [0.1, 0.15) is 35.6 Å². The maximum absolute atomic E-state index is 6.43. The van der Waals surface area contributed by atoms with E-state index in [1.54, 1.807) is 0 Å². The molecule has 0 bridgehead atoms. The van der Waals surface area contributed by atoms with Crippen LogP contribution in [0.3, 0.4) is 0 Å². The van der Waals surface area contributed by atoms with Gasteiger partial charge in [-0.2, -0.15) is 0 Å². The van der Waals surface area contributed by atoms with Gasteiger partial charge in [-0.15, -0.1) is 11.8 Å². The first kappa shape index (κ1) is 13.7. The van der Waals surface area contributed by atoms with Gasteiger partial charge in [-0.05, 0) is 42.9 Å². The van der Waals surface area contributed by atoms with Crippen molar-refractivity contribution in [2.45, 2.75) is 36.5 Å². The molecule has 2 aromatic rings. The van der Waals surface area contributed by atoms with Gasteiger partial charge in [0.1, 0.15) is 0 Å². The fourth-order valence-corrected chi connectivity index (χ4v) is 3.54. The summed E-state index contributed by atoms with van der Waals surface area (Å²) in [4.78, 5) is 1.35. The van der Waals surface area contributed by atoms with Crippen LogP contribution in [0, 0.1) is 12.8 Å². The van der Waals surface area contributed by atoms with Crippen LogP contribution in [-0.4, -0.2) is 0 Å². The number of benzene rings is 2. The van der Waals surface area contributed by atoms with Crippen molar-refractivity contribution in [2.24, 2.45) is 11.7 Å². The van der Waals surface area contributed by atoms with Gasteiger partial charge in [0, 0.05) is 16.7 Å². The first-order chi connectivity index (χ1) is 9.74. The number of hydrogen-bond donors (Lipinski definition) is 1. The standard InChI is InChI=1S/C18H21NS/c1-13-7-10-17(16(11-13)18(19)15-8-9-15)20-12-14-5-3-2-4-6-14/h2-7,10-11,15,18H,8-9,12,19H2,1H3. The van der Waals surface area contributed by atoms with E-state index >= 15 is 0 Å². The zero-order valence-corrected chi connectivity index (χ0v) is 12.7. The van der Waals surface area contributed by atoms with Gasteiger partial charge in [0.25, 0.3) is 0 Å². The Hall–Kier alpha value is -1.25. The molecular formula is C18H21NS. The zero-order valence-electron chi connectivity index (χ0n) is 11.9. The topological polar surface area (TPSA) is 26.0 Å². The van der Waals surface area contributed by atoms with Crippen molar-refractivity contribution in [1.29, 1.82) is 0 Å². The van der Waals surface area contributed by atoms with Crippen LogP contribution in [0.25, 0.3) is 0 Å². The Morgan fingerprint density at radius 1 is 1.15 bits per heavy atom. The van der Waals surface area contributed by atoms with Crippen LogP contribution in [0.15, 0.2) is 53.4 Å². The summed E-state index contributed by atoms with van der Waals surface area (Å²) in [5, 5.41) is 0. The molecule has 0 aromatic heterocycles. The molecule has 20 heavy (non-hydrogen) atoms. The minimum absolute atomic E-state index is 0.216. The Labute approximate surface area is 125 Å². The fourth-order valence-electron chi connectivity index (χ4n) is 2.50. The van der Waals surface area contributed by atoms with E-state index in [1.165, 1.54) is 34.4 Å². The Morgan fingerprint density at radius 2 is 1.90 bits per heavy atom. The molecule has 1 unspecified atom stereocenters. The zero-order chi connectivity index (χ0) is 13.9. The summed E-state index contributed by atoms with van der Waals surface area (Å²) in [6, 6.07) is 17.5. The van der Waals surface area contributed by atoms with Crippen molar-refractivity contribution in [2.75, 3.05) is 0 Å². The van der Waals surface area contributed by atoms with E-state index in [0.29, 0.717) is 5.92 Å². The molecule has 1 aliphatic rings. The van der Waals surface area contributed by atoms with Crippen LogP contribution in [0.2, 0.25) is 0 Å². The quantitative estimate of drug-likeness (QED) is 0.805. The highest BCUT2D eigenvalue weighted by molar-refractivity contribution is 7.98. The lowest BCUT2D eigenvalue weighted by Crippen LogP contribution is -2.13. The third-order valence-electron chi connectivity index (χ3n) is 3.89. The van der Waals surface area contributed by atoms with E-state index in [4.69, 9.17) is 5.73 Å². The van der Waals surface area contributed by atoms with Crippen LogP contribution < -0.4 is 5.73 Å². The predicted octanol–water partition coefficient (Wildman–Crippen LogP) is 4.70. The van der Waals surface area contributed by atoms with E-state index in [2.05, 4.69) is 55.5 Å². The summed E-state index contributed by atoms with van der Waals surface area (Å²) in [7, 11) is 0. The van der Waals surface area contributed by atoms with Gasteiger partial charge in [0.05, 0.1) is 0 Å². The highest BCUT2D eigenvalue weighted by atomic mass is 32.2. The molecule has 2 N–H and O–H groups in total. The van der Waals surface area contributed by atoms with Gasteiger partial charge in [-0.3, -0.25) is 0 Å². The minimum Gasteiger partial charge on any atom is -0.324 e. The maximum atomic E-state index is 6.43. The van der Waals surface area contributed by atoms with Crippen molar-refractivity contribution >= 4 is 11.8 Å². The summed E-state index contributed by atoms with van der Waals surface area (Å²) >= 11 is 1.90. The normalized spacial score (nSPS) is 16.1. The molecule has 1 aliphatic carbocycles. The first-order valence-corrected chi connectivity index (χ1v) is 8.25. The highest BCUT2D eigenvalue weighted by Gasteiger charge is 2.30. The van der Waals surface area contributed by atoms with Gasteiger partial charge < -0.3 is 5.73 Å². The maximum Gasteiger partial charge on any atom is 0.0334 e. The van der Waals surface area contributed by atoms with Gasteiger partial charge in [-0.1, -0.05) is 48.0 Å². The molecule has 0 aliphatic heterocycles. The van der Waals surface area contributed by atoms with Crippen molar-refractivity contribution < 1.29 is 0 Å². The van der Waals surface area contributed by atoms with Crippen molar-refractivity contribution in [3.63, 3.8) is 0 Å². The van der Waals surface area contributed by atoms with Crippen LogP contribution in [0.5, 0.6) is 0 Å². The molecule has 1 nitrogen and oxygen atoms in total. The first-order valence-electron chi connectivity index (χ1n) is 7.27. The van der Waals surface area contributed by atoms with E-state index in [-0.39, 0.29) is 6.04 Å². The van der Waals surface area contributed by atoms with Gasteiger partial charge >= 0.3 is 0 Å². The Kier molecular flexibility index (Phi) is 4.13. The number of hydrogen-bond acceptors (Lipinski definition) is 2. The average Bonchev–Trinajstić information content (AvgIpc) is 3.31. The lowest BCUT2D eigenvalue weighted by atomic mass is 10.0. The van der Waals surface area contributed by atoms with Crippen molar-refractivity contribution in [3.05, 3.63) is 65.2 Å². The van der Waals surface area contributed by atoms with Crippen LogP contribution >= 0.6 is 11.8 Å². The highest BCUT2D eigenvalue weighted by Crippen LogP contribution is 2.42. The third kappa shape index (κ3) is 3.25. The summed E-state index contributed by atoms with van der Waals surface area (Å²) in [5.74, 6) is 1.71. The second kappa shape index (κ2) is 6.02. The summed E-state index contributed by atoms with van der Waals surface area (Å²) in [6.45, 7) is 2.15. The summed E-state index contributed by atoms with van der Waals surface area (Å²) < 4.78 is 0. The monoisotopic (exact) mass is 283 g/mol. The molecule has 0 saturated heterocycles. The molecule has 104 valence electrons. The number of rotatable bonds is 5. The van der Waals surface area contributed by atoms with Gasteiger partial charge in [0.15, 0.2) is 0 Å². The Bertz CT molecular complexity index is 575. The molecule has 1 atom stereocenters. The molecule has 1 fully saturated rings. The number of thioether (sulfide) groups is 1. The van der Waals surface area contributed by atoms with Gasteiger partial charge in [-0.25, -0.2) is 0 Å². The van der Waals surface area contributed by atoms with Crippen molar-refractivity contribution in [1.82, 2.24) is 0 Å². The molecule has 0 amide bonds. The Morgan fingerprint density at radius 3 is 2.60 bits per heavy atom. The third-order valence-corrected chi connectivity index (χ3v) is 5.05. The van der Waals surface area contributed by atoms with Crippen LogP contribution in [0.4, 0.5) is 0 Å². The van der Waals surface area contributed by atoms with Crippen molar-refractivity contribution in [3.8, 4) is 0 Å². The smallest absolute Gasteiger partial charge is 0.0334 e. The fraction of sp³-hybridized carbons (Fsp3) is 0.333. The summed E-state index contributed by atoms with van der Waals surface area (Å²) in [6.07, 6.45) is 2.58. The lowest BCUT2D eigenvalue weighted by molar-refractivity contribution is 0.622. The average molecular weight is 283 g/mol. The second-order valence-electron chi connectivity index (χ2n) is 5.68. The van der Waals surface area contributed by atoms with E-state index in [0.717, 1.165) is 5.75 Å². The molecule has 2 heteroatoms. The van der Waals surface area contributed by atoms with E-state index in [9.17, 15) is 0 Å². The molecule has 0 spiro atoms. The second-order valence-corrected chi connectivity index (χ2v) is 6.70. The largest absolute Gasteiger partial charge is 0.324 e. The van der Waals surface area contributed by atoms with E-state index in [1.807, 2.05) is 11.8 Å². The number of aryl methyl sites for hydroxylation is 1. The van der Waals surface area contributed by atoms with Crippen LogP contribution in [-0.2, 0) is 5.75 Å². The molecule has 1 saturated carbocycles. The van der Waals surface area contributed by atoms with E-state index < -0.39 is 0 Å². The SMILES string of the molecule is Cc1ccc(SCc2ccccc2)c(C(N)C2CC2)c1. The molecule has 0 radical (unpaired) electrons. The van der Waals surface area contributed by atoms with Gasteiger partial charge in [0.2, 0.25) is 0 Å². The lowest BCUT2D eigenvalue weighted by Gasteiger charge is -2.16. The molecule has 2 aromatic carbocycles. The summed E-state index contributed by atoms with van der Waals surface area (Å²) in [5.41, 5.74) is 10.4. The predicted molar refractivity (Wildman–Crippen MR) is 86.8 cm³/mol. The molecule has 0 heterocycles.